The Bertz CT molecular complexity index is 186. The Morgan fingerprint density at radius 1 is 1.45 bits per heavy atom. The van der Waals surface area contributed by atoms with E-state index < -0.39 is 0 Å². The lowest BCUT2D eigenvalue weighted by Crippen LogP contribution is -2.17. The van der Waals surface area contributed by atoms with Crippen LogP contribution in [0.25, 0.3) is 0 Å². The summed E-state index contributed by atoms with van der Waals surface area (Å²) in [5.41, 5.74) is 3.06. The molecule has 2 nitrogen and oxygen atoms in total. The molecule has 2 N–H and O–H groups in total. The molecule has 2 aliphatic rings. The molecular formula is C9H15NO. The fourth-order valence-corrected chi connectivity index (χ4v) is 2.06. The maximum Gasteiger partial charge on any atom is 0.0463 e. The van der Waals surface area contributed by atoms with E-state index in [-0.39, 0.29) is 0 Å². The molecule has 0 saturated carbocycles. The number of nitrogens with one attached hydrogen (secondary N) is 1. The number of rotatable bonds is 1. The smallest absolute Gasteiger partial charge is 0.0463 e. The van der Waals surface area contributed by atoms with E-state index in [2.05, 4.69) is 5.32 Å². The average molecular weight is 153 g/mol. The first kappa shape index (κ1) is 7.17. The van der Waals surface area contributed by atoms with Crippen molar-refractivity contribution in [3.05, 3.63) is 11.3 Å². The van der Waals surface area contributed by atoms with E-state index in [4.69, 9.17) is 5.11 Å². The highest BCUT2D eigenvalue weighted by Crippen LogP contribution is 2.32. The van der Waals surface area contributed by atoms with Gasteiger partial charge in [-0.1, -0.05) is 0 Å². The number of hydrogen-bond acceptors (Lipinski definition) is 2. The molecule has 0 aromatic rings. The third-order valence-electron chi connectivity index (χ3n) is 2.80. The van der Waals surface area contributed by atoms with Gasteiger partial charge in [-0.2, -0.15) is 0 Å². The molecule has 0 bridgehead atoms. The Morgan fingerprint density at radius 2 is 2.36 bits per heavy atom. The Balaban J connectivity index is 2.05. The summed E-state index contributed by atoms with van der Waals surface area (Å²) in [7, 11) is 0. The van der Waals surface area contributed by atoms with Crippen LogP contribution in [0.4, 0.5) is 0 Å². The van der Waals surface area contributed by atoms with E-state index in [1.807, 2.05) is 0 Å². The molecule has 1 unspecified atom stereocenters. The molecule has 11 heavy (non-hydrogen) atoms. The highest BCUT2D eigenvalue weighted by molar-refractivity contribution is 5.21. The van der Waals surface area contributed by atoms with Crippen LogP contribution >= 0.6 is 0 Å². The monoisotopic (exact) mass is 153 g/mol. The summed E-state index contributed by atoms with van der Waals surface area (Å²) in [4.78, 5) is 0. The van der Waals surface area contributed by atoms with E-state index in [1.54, 1.807) is 5.57 Å². The molecule has 0 spiro atoms. The standard InChI is InChI=1S/C9H15NO/c11-6-7-1-2-8-3-4-10-9(8)5-7/h7,10-11H,1-6H2. The maximum absolute atomic E-state index is 8.96. The van der Waals surface area contributed by atoms with E-state index >= 15 is 0 Å². The normalized spacial score (nSPS) is 30.1. The minimum Gasteiger partial charge on any atom is -0.396 e. The molecule has 1 aliphatic carbocycles. The number of aliphatic hydroxyl groups is 1. The zero-order valence-electron chi connectivity index (χ0n) is 6.77. The van der Waals surface area contributed by atoms with Gasteiger partial charge in [0.15, 0.2) is 0 Å². The molecule has 0 fully saturated rings. The molecule has 2 heteroatoms. The predicted molar refractivity (Wildman–Crippen MR) is 44.1 cm³/mol. The van der Waals surface area contributed by atoms with Gasteiger partial charge in [-0.25, -0.2) is 0 Å². The molecule has 62 valence electrons. The van der Waals surface area contributed by atoms with Crippen molar-refractivity contribution in [1.29, 1.82) is 0 Å². The third kappa shape index (κ3) is 1.27. The van der Waals surface area contributed by atoms with Crippen molar-refractivity contribution in [1.82, 2.24) is 5.32 Å². The van der Waals surface area contributed by atoms with Crippen molar-refractivity contribution in [2.45, 2.75) is 25.7 Å². The maximum atomic E-state index is 8.96. The van der Waals surface area contributed by atoms with E-state index in [1.165, 1.54) is 25.0 Å². The highest BCUT2D eigenvalue weighted by atomic mass is 16.3. The molecule has 0 amide bonds. The van der Waals surface area contributed by atoms with Gasteiger partial charge in [-0.15, -0.1) is 0 Å². The highest BCUT2D eigenvalue weighted by Gasteiger charge is 2.22. The first-order chi connectivity index (χ1) is 5.40. The van der Waals surface area contributed by atoms with Gasteiger partial charge in [-0.05, 0) is 37.2 Å². The zero-order valence-corrected chi connectivity index (χ0v) is 6.77. The van der Waals surface area contributed by atoms with Gasteiger partial charge in [0.1, 0.15) is 0 Å². The van der Waals surface area contributed by atoms with Gasteiger partial charge in [0.05, 0.1) is 0 Å². The third-order valence-corrected chi connectivity index (χ3v) is 2.80. The van der Waals surface area contributed by atoms with Crippen LogP contribution in [0.1, 0.15) is 25.7 Å². The van der Waals surface area contributed by atoms with E-state index in [0.29, 0.717) is 12.5 Å². The van der Waals surface area contributed by atoms with Crippen molar-refractivity contribution in [2.24, 2.45) is 5.92 Å². The van der Waals surface area contributed by atoms with Gasteiger partial charge in [0.25, 0.3) is 0 Å². The van der Waals surface area contributed by atoms with Crippen LogP contribution in [0.15, 0.2) is 11.3 Å². The Kier molecular flexibility index (Phi) is 1.86. The van der Waals surface area contributed by atoms with E-state index in [0.717, 1.165) is 13.0 Å². The number of allylic oxidation sites excluding steroid dienone is 1. The molecule has 0 aromatic heterocycles. The van der Waals surface area contributed by atoms with Crippen LogP contribution in [0.5, 0.6) is 0 Å². The first-order valence-electron chi connectivity index (χ1n) is 4.46. The van der Waals surface area contributed by atoms with Gasteiger partial charge >= 0.3 is 0 Å². The second-order valence-electron chi connectivity index (χ2n) is 3.55. The Morgan fingerprint density at radius 3 is 3.18 bits per heavy atom. The summed E-state index contributed by atoms with van der Waals surface area (Å²) in [6.45, 7) is 1.49. The molecule has 0 aromatic carbocycles. The quantitative estimate of drug-likeness (QED) is 0.589. The molecular weight excluding hydrogens is 138 g/mol. The topological polar surface area (TPSA) is 32.3 Å². The summed E-state index contributed by atoms with van der Waals surface area (Å²) < 4.78 is 0. The van der Waals surface area contributed by atoms with Crippen molar-refractivity contribution >= 4 is 0 Å². The van der Waals surface area contributed by atoms with Gasteiger partial charge in [0.2, 0.25) is 0 Å². The van der Waals surface area contributed by atoms with Crippen molar-refractivity contribution in [3.8, 4) is 0 Å². The van der Waals surface area contributed by atoms with Crippen LogP contribution in [-0.4, -0.2) is 18.3 Å². The predicted octanol–water partition coefficient (Wildman–Crippen LogP) is 1.03. The molecule has 2 rings (SSSR count). The minimum atomic E-state index is 0.360. The van der Waals surface area contributed by atoms with Crippen molar-refractivity contribution < 1.29 is 5.11 Å². The lowest BCUT2D eigenvalue weighted by atomic mass is 9.88. The fraction of sp³-hybridized carbons (Fsp3) is 0.778. The molecule has 1 heterocycles. The molecule has 1 atom stereocenters. The second-order valence-corrected chi connectivity index (χ2v) is 3.55. The number of aliphatic hydroxyl groups excluding tert-OH is 1. The minimum absolute atomic E-state index is 0.360. The van der Waals surface area contributed by atoms with Crippen LogP contribution in [0.2, 0.25) is 0 Å². The number of hydrogen-bond donors (Lipinski definition) is 2. The Hall–Kier alpha value is -0.500. The second kappa shape index (κ2) is 2.86. The summed E-state index contributed by atoms with van der Waals surface area (Å²) in [6, 6.07) is 0. The summed E-state index contributed by atoms with van der Waals surface area (Å²) in [5, 5.41) is 12.4. The largest absolute Gasteiger partial charge is 0.396 e. The first-order valence-corrected chi connectivity index (χ1v) is 4.46. The Labute approximate surface area is 67.3 Å². The average Bonchev–Trinajstić information content (AvgIpc) is 2.50. The summed E-state index contributed by atoms with van der Waals surface area (Å²) in [5.74, 6) is 0.527. The van der Waals surface area contributed by atoms with Crippen molar-refractivity contribution in [3.63, 3.8) is 0 Å². The molecule has 0 radical (unpaired) electrons. The lowest BCUT2D eigenvalue weighted by molar-refractivity contribution is 0.212. The lowest BCUT2D eigenvalue weighted by Gasteiger charge is -2.21. The van der Waals surface area contributed by atoms with Gasteiger partial charge in [-0.3, -0.25) is 0 Å². The van der Waals surface area contributed by atoms with Crippen LogP contribution in [-0.2, 0) is 0 Å². The summed E-state index contributed by atoms with van der Waals surface area (Å²) in [6.07, 6.45) is 4.74. The van der Waals surface area contributed by atoms with Crippen LogP contribution in [0, 0.1) is 5.92 Å². The molecule has 1 aliphatic heterocycles. The van der Waals surface area contributed by atoms with Gasteiger partial charge < -0.3 is 10.4 Å². The van der Waals surface area contributed by atoms with Gasteiger partial charge in [0, 0.05) is 18.8 Å². The fourth-order valence-electron chi connectivity index (χ4n) is 2.06. The van der Waals surface area contributed by atoms with E-state index in [9.17, 15) is 0 Å². The molecule has 0 saturated heterocycles. The zero-order chi connectivity index (χ0) is 7.68. The van der Waals surface area contributed by atoms with Crippen molar-refractivity contribution in [2.75, 3.05) is 13.2 Å². The summed E-state index contributed by atoms with van der Waals surface area (Å²) >= 11 is 0. The van der Waals surface area contributed by atoms with Crippen LogP contribution < -0.4 is 5.32 Å². The van der Waals surface area contributed by atoms with Crippen LogP contribution in [0.3, 0.4) is 0 Å². The SMILES string of the molecule is OCC1CCC2=C(C1)NCC2.